The van der Waals surface area contributed by atoms with Gasteiger partial charge in [-0.2, -0.15) is 0 Å². The average Bonchev–Trinajstić information content (AvgIpc) is 1.12. The molecule has 0 radical (unpaired) electrons. The first-order valence-electron chi connectivity index (χ1n) is 47.4. The molecule has 0 unspecified atom stereocenters. The van der Waals surface area contributed by atoms with E-state index in [4.69, 9.17) is 35.8 Å². The van der Waals surface area contributed by atoms with E-state index >= 15 is 19.2 Å². The first-order chi connectivity index (χ1) is 66.9. The van der Waals surface area contributed by atoms with Gasteiger partial charge in [-0.1, -0.05) is 91.2 Å². The fourth-order valence-corrected chi connectivity index (χ4v) is 20.6. The minimum absolute atomic E-state index is 0.0238. The summed E-state index contributed by atoms with van der Waals surface area (Å²) in [5.74, 6) is -16.2. The molecule has 5 aliphatic rings. The number of carbonyl (C=O) groups is 16. The zero-order chi connectivity index (χ0) is 101. The van der Waals surface area contributed by atoms with Crippen molar-refractivity contribution in [2.24, 2.45) is 41.1 Å². The number of phenols is 3. The van der Waals surface area contributed by atoms with E-state index < -0.39 is 228 Å². The number of hydrogen-bond donors (Lipinski definition) is 18. The first kappa shape index (κ1) is 108. The summed E-state index contributed by atoms with van der Waals surface area (Å²) in [4.78, 5) is 237. The maximum Gasteiger partial charge on any atom is 0.407 e. The lowest BCUT2D eigenvalue weighted by molar-refractivity contribution is -0.249. The topological polar surface area (TPSA) is 639 Å². The lowest BCUT2D eigenvalue weighted by Crippen LogP contribution is -2.56. The van der Waals surface area contributed by atoms with Crippen LogP contribution in [0.5, 0.6) is 23.0 Å². The molecule has 15 atom stereocenters. The third kappa shape index (κ3) is 28.5. The second-order valence-electron chi connectivity index (χ2n) is 36.7. The number of H-pyrrole nitrogens is 2. The van der Waals surface area contributed by atoms with Gasteiger partial charge in [-0.25, -0.2) is 9.78 Å². The van der Waals surface area contributed by atoms with Crippen molar-refractivity contribution in [2.45, 2.75) is 248 Å². The number of unbranched alkanes of at least 4 members (excludes halogenated alkanes) is 1. The summed E-state index contributed by atoms with van der Waals surface area (Å²) in [6.07, 6.45) is -4.13. The molecule has 3 fully saturated rings. The highest BCUT2D eigenvalue weighted by Crippen LogP contribution is 2.53. The molecule has 0 spiro atoms. The largest absolute Gasteiger partial charge is 0.508 e. The SMILES string of the molecule is CCC(=O)[C@]1(O)Cc2c(O)c3c(c(O)c2[C@@H](O[C@H]2C[C@H](NC(=O)OCCSSCCC(=O)NCCCC[C@@H](CC(=O)[C@H](Cc4ccc(O)cc4)NC(=O)[C@H](CO)CC(=O)[C@H](Cc4c[nH]c5ccccc45)NC(=O)[C@@H](CC(=O)[C@@H]4CCC(=O)N4)Cc4c[nH]cn4)C(=O)N[C@@H](CC(C)C)C(=O)C[C@@H](CCCNC(=N)N)C(=O)N4CCC[C@H]4C(=O)CCC(N)=O)[C@H](O)[C@H](C)O2)C1)C(=O)c1c(OC)cccc1C3=O. The number of para-hydroxylation sites is 1. The smallest absolute Gasteiger partial charge is 0.407 e. The fourth-order valence-electron chi connectivity index (χ4n) is 18.7. The van der Waals surface area contributed by atoms with Crippen LogP contribution in [-0.4, -0.2) is 262 Å². The van der Waals surface area contributed by atoms with E-state index in [0.717, 1.165) is 0 Å². The third-order valence-electron chi connectivity index (χ3n) is 26.2. The number of aromatic amines is 2. The van der Waals surface area contributed by atoms with Crippen molar-refractivity contribution in [3.8, 4) is 23.0 Å². The maximum atomic E-state index is 15.4. The van der Waals surface area contributed by atoms with Gasteiger partial charge in [-0.3, -0.25) is 77.3 Å². The van der Waals surface area contributed by atoms with Gasteiger partial charge in [-0.05, 0) is 106 Å². The number of aromatic nitrogens is 3. The molecule has 40 nitrogen and oxygen atoms in total. The van der Waals surface area contributed by atoms with Crippen LogP contribution in [0.2, 0.25) is 0 Å². The van der Waals surface area contributed by atoms with Gasteiger partial charge in [0.25, 0.3) is 0 Å². The molecule has 0 saturated carbocycles. The number of nitrogens with two attached hydrogens (primary N) is 2. The lowest BCUT2D eigenvalue weighted by Gasteiger charge is -2.42. The van der Waals surface area contributed by atoms with Gasteiger partial charge in [0.1, 0.15) is 41.3 Å². The van der Waals surface area contributed by atoms with Crippen LogP contribution in [0.4, 0.5) is 4.79 Å². The summed E-state index contributed by atoms with van der Waals surface area (Å²) in [5, 5.41) is 96.5. The molecular formula is C98H126N14O26S2. The highest BCUT2D eigenvalue weighted by molar-refractivity contribution is 8.76. The van der Waals surface area contributed by atoms with E-state index in [1.807, 2.05) is 19.9 Å². The molecule has 42 heteroatoms. The lowest BCUT2D eigenvalue weighted by atomic mass is 9.71. The van der Waals surface area contributed by atoms with E-state index in [1.54, 1.807) is 30.6 Å². The van der Waals surface area contributed by atoms with Gasteiger partial charge in [-0.15, -0.1) is 0 Å². The maximum absolute atomic E-state index is 15.4. The van der Waals surface area contributed by atoms with Gasteiger partial charge in [0.2, 0.25) is 47.1 Å². The van der Waals surface area contributed by atoms with Gasteiger partial charge in [0, 0.05) is 173 Å². The van der Waals surface area contributed by atoms with Crippen LogP contribution >= 0.6 is 21.6 Å². The summed E-state index contributed by atoms with van der Waals surface area (Å²) in [6, 6.07) is 10.2. The Morgan fingerprint density at radius 1 is 0.721 bits per heavy atom. The molecule has 11 rings (SSSR count). The van der Waals surface area contributed by atoms with Gasteiger partial charge in [0.15, 0.2) is 52.7 Å². The molecule has 2 aromatic heterocycles. The van der Waals surface area contributed by atoms with Gasteiger partial charge >= 0.3 is 6.09 Å². The number of aliphatic hydroxyl groups excluding tert-OH is 2. The number of hydrogen-bond acceptors (Lipinski definition) is 30. The van der Waals surface area contributed by atoms with E-state index in [1.165, 1.54) is 96.2 Å². The number of rotatable bonds is 54. The minimum Gasteiger partial charge on any atom is -0.508 e. The molecule has 3 aliphatic heterocycles. The molecule has 2 aliphatic carbocycles. The molecule has 8 amide bonds. The van der Waals surface area contributed by atoms with Crippen LogP contribution < -0.4 is 53.4 Å². The first-order valence-corrected chi connectivity index (χ1v) is 49.8. The Morgan fingerprint density at radius 3 is 2.08 bits per heavy atom. The molecule has 6 aromatic rings. The highest BCUT2D eigenvalue weighted by Gasteiger charge is 2.51. The number of ketones is 8. The highest BCUT2D eigenvalue weighted by atomic mass is 33.1. The molecule has 140 heavy (non-hydrogen) atoms. The van der Waals surface area contributed by atoms with Crippen LogP contribution in [-0.2, 0) is 102 Å². The Hall–Kier alpha value is -12.5. The van der Waals surface area contributed by atoms with Crippen LogP contribution in [0.25, 0.3) is 10.9 Å². The van der Waals surface area contributed by atoms with Crippen LogP contribution in [0.15, 0.2) is 85.5 Å². The summed E-state index contributed by atoms with van der Waals surface area (Å²) >= 11 is 0. The quantitative estimate of drug-likeness (QED) is 0.00780. The molecule has 20 N–H and O–H groups in total. The molecule has 756 valence electrons. The summed E-state index contributed by atoms with van der Waals surface area (Å²) in [7, 11) is 3.87. The molecular weight excluding hydrogens is 1850 g/mol. The van der Waals surface area contributed by atoms with Crippen molar-refractivity contribution in [3.63, 3.8) is 0 Å². The number of guanidine groups is 1. The number of aromatic hydroxyl groups is 3. The van der Waals surface area contributed by atoms with Crippen LogP contribution in [0, 0.1) is 35.0 Å². The van der Waals surface area contributed by atoms with Gasteiger partial charge < -0.3 is 113 Å². The molecule has 5 heterocycles. The minimum atomic E-state index is -2.21. The number of Topliss-reactive ketones (excluding diaryl/α,β-unsaturated/α-hetero) is 6. The Kier molecular flexibility index (Phi) is 39.0. The molecule has 3 saturated heterocycles. The summed E-state index contributed by atoms with van der Waals surface area (Å²) in [5.41, 5.74) is 9.13. The number of likely N-dealkylation sites (tertiary alicyclic amines) is 1. The van der Waals surface area contributed by atoms with Crippen molar-refractivity contribution >= 4 is 132 Å². The number of amides is 8. The predicted octanol–water partition coefficient (Wildman–Crippen LogP) is 5.04. The number of primary amides is 1. The van der Waals surface area contributed by atoms with Crippen LogP contribution in [0.3, 0.4) is 0 Å². The van der Waals surface area contributed by atoms with Crippen molar-refractivity contribution in [1.29, 1.82) is 5.41 Å². The van der Waals surface area contributed by atoms with E-state index in [0.29, 0.717) is 40.6 Å². The van der Waals surface area contributed by atoms with Crippen molar-refractivity contribution < 1.29 is 126 Å². The van der Waals surface area contributed by atoms with Crippen molar-refractivity contribution in [1.82, 2.24) is 57.1 Å². The number of nitrogens with zero attached hydrogens (tertiary/aromatic N) is 2. The number of imidazole rings is 1. The number of alkyl carbamates (subject to hydrolysis) is 1. The predicted molar refractivity (Wildman–Crippen MR) is 511 cm³/mol. The monoisotopic (exact) mass is 1980 g/mol. The Balaban J connectivity index is 0.740. The Morgan fingerprint density at radius 2 is 1.39 bits per heavy atom. The van der Waals surface area contributed by atoms with E-state index in [-0.39, 0.29) is 210 Å². The second-order valence-corrected chi connectivity index (χ2v) is 39.4. The number of fused-ring (bicyclic) bond motifs is 4. The number of phenolic OH excluding ortho intramolecular Hbond substituents is 3. The summed E-state index contributed by atoms with van der Waals surface area (Å²) in [6.45, 7) is 5.93. The van der Waals surface area contributed by atoms with E-state index in [2.05, 4.69) is 52.2 Å². The van der Waals surface area contributed by atoms with Crippen molar-refractivity contribution in [2.75, 3.05) is 51.5 Å². The summed E-state index contributed by atoms with van der Waals surface area (Å²) < 4.78 is 23.3. The normalized spacial score (nSPS) is 20.2. The zero-order valence-corrected chi connectivity index (χ0v) is 80.5. The fraction of sp³-hybridized carbons (Fsp3) is 0.531. The van der Waals surface area contributed by atoms with Crippen LogP contribution in [0.1, 0.15) is 222 Å². The Bertz CT molecular complexity index is 5540. The number of ether oxygens (including phenoxy) is 4. The number of aliphatic hydroxyl groups is 3. The molecule has 4 aromatic carbocycles. The van der Waals surface area contributed by atoms with Gasteiger partial charge in [0.05, 0.1) is 103 Å². The number of carbonyl (C=O) groups excluding carboxylic acids is 16. The average molecular weight is 1980 g/mol. The van der Waals surface area contributed by atoms with E-state index in [9.17, 15) is 88.2 Å². The van der Waals surface area contributed by atoms with Crippen molar-refractivity contribution in [3.05, 3.63) is 136 Å². The molecule has 0 bridgehead atoms. The zero-order valence-electron chi connectivity index (χ0n) is 78.9. The number of benzene rings is 4. The number of methoxy groups -OCH3 is 1. The Labute approximate surface area is 816 Å². The second kappa shape index (κ2) is 50.6. The third-order valence-corrected chi connectivity index (χ3v) is 28.5. The standard InChI is InChI=1S/C98H126N14O26S2/c1-6-78(120)98(134)45-63-84(91(128)86-85(89(63)126)88(125)62-17-11-20-76(135-5)83(62)90(86)127)77(46-98)138-82-44-69(87(124)52(4)137-82)111-97(133)136-33-35-140-139-34-29-80(122)103-30-10-9-14-54(92(129)108-66(36-51(2)3)74(118)41-55(15-12-31-104-96(100)101)95(132)112-32-13-19-70(112)71(115)26-27-79(99)121)40-73(117)67(37-53-21-23-60(114)24-22-53)109-94(131)58(49-113)43-75(119)68(39-57-47-105-64-18-8-7-16-61(57)64)110-93(130)56(38-59-48-102-50-106-59)42-72(116)65-25-28-81(123)107-65/h7-8,11,16-18,20-24,47-48,50-52,54-56,58,65-70,77,82,87,105,113-114,124,126,128,134H,6,9-10,12-15,19,25-46,49H2,1-5H3,(H2,99,121)(H,102,106)(H,103,122)(H,107,123)(H,108,129)(H,109,131)(H,110,130)(H,111,133)(H4,100,101,104)/t52-,54-,55+,56+,58-,65-,66-,67-,68-,69-,70-,77-,82-,87+,98-/m0/s1. The number of nitrogens with one attached hydrogen (secondary N) is 10.